The molecule has 1 aliphatic rings. The van der Waals surface area contributed by atoms with E-state index in [0.29, 0.717) is 29.2 Å². The molecule has 3 aromatic rings. The predicted octanol–water partition coefficient (Wildman–Crippen LogP) is 2.50. The fraction of sp³-hybridized carbons (Fsp3) is 0.158. The number of hydrogen-bond acceptors (Lipinski definition) is 4. The molecule has 2 N–H and O–H groups in total. The van der Waals surface area contributed by atoms with Gasteiger partial charge in [-0.25, -0.2) is 4.39 Å². The number of fused-ring (bicyclic) bond motifs is 1. The van der Waals surface area contributed by atoms with E-state index in [9.17, 15) is 14.3 Å². The van der Waals surface area contributed by atoms with Gasteiger partial charge < -0.3 is 19.7 Å². The molecule has 0 bridgehead atoms. The number of nitrogens with one attached hydrogen (secondary N) is 1. The largest absolute Gasteiger partial charge is 0.488 e. The highest BCUT2D eigenvalue weighted by Gasteiger charge is 2.25. The zero-order chi connectivity index (χ0) is 18.1. The number of carbonyl (C=O) groups excluding carboxylic acids is 1. The van der Waals surface area contributed by atoms with Crippen molar-refractivity contribution in [2.24, 2.45) is 0 Å². The summed E-state index contributed by atoms with van der Waals surface area (Å²) in [6.07, 6.45) is 4.12. The molecule has 1 unspecified atom stereocenters. The predicted molar refractivity (Wildman–Crippen MR) is 92.0 cm³/mol. The number of rotatable bonds is 4. The first-order chi connectivity index (χ1) is 12.6. The van der Waals surface area contributed by atoms with Gasteiger partial charge in [0.05, 0.1) is 6.54 Å². The normalized spacial score (nSPS) is 16.1. The van der Waals surface area contributed by atoms with E-state index in [2.05, 4.69) is 10.3 Å². The van der Waals surface area contributed by atoms with E-state index in [-0.39, 0.29) is 12.5 Å². The van der Waals surface area contributed by atoms with Crippen LogP contribution < -0.4 is 10.1 Å². The Labute approximate surface area is 148 Å². The minimum absolute atomic E-state index is 0.133. The molecule has 0 aliphatic carbocycles. The molecule has 6 nitrogen and oxygen atoms in total. The maximum absolute atomic E-state index is 13.8. The molecule has 0 spiro atoms. The smallest absolute Gasteiger partial charge is 0.268 e. The van der Waals surface area contributed by atoms with Crippen LogP contribution in [-0.4, -0.2) is 27.1 Å². The number of halogens is 1. The number of hydrogen-bond donors (Lipinski definition) is 2. The van der Waals surface area contributed by atoms with Crippen LogP contribution >= 0.6 is 0 Å². The molecule has 2 aromatic heterocycles. The van der Waals surface area contributed by atoms with Crippen LogP contribution in [0.25, 0.3) is 11.1 Å². The summed E-state index contributed by atoms with van der Waals surface area (Å²) in [4.78, 5) is 15.9. The minimum atomic E-state index is -0.855. The van der Waals surface area contributed by atoms with Gasteiger partial charge in [0, 0.05) is 29.7 Å². The Balaban J connectivity index is 1.69. The van der Waals surface area contributed by atoms with E-state index in [4.69, 9.17) is 4.74 Å². The molecule has 132 valence electrons. The molecule has 1 aromatic carbocycles. The van der Waals surface area contributed by atoms with Crippen LogP contribution in [0.2, 0.25) is 0 Å². The summed E-state index contributed by atoms with van der Waals surface area (Å²) in [5.74, 6) is -0.205. The molecule has 1 amide bonds. The lowest BCUT2D eigenvalue weighted by molar-refractivity contribution is 0.0664. The Morgan fingerprint density at radius 1 is 1.27 bits per heavy atom. The third kappa shape index (κ3) is 3.04. The quantitative estimate of drug-likeness (QED) is 0.756. The molecule has 26 heavy (non-hydrogen) atoms. The number of nitrogens with zero attached hydrogens (tertiary/aromatic N) is 2. The minimum Gasteiger partial charge on any atom is -0.488 e. The lowest BCUT2D eigenvalue weighted by atomic mass is 10.1. The summed E-state index contributed by atoms with van der Waals surface area (Å²) in [6.45, 7) is 0.437. The Kier molecular flexibility index (Phi) is 4.14. The molecule has 0 radical (unpaired) electrons. The van der Waals surface area contributed by atoms with Gasteiger partial charge in [-0.05, 0) is 42.0 Å². The number of aliphatic hydroxyl groups is 1. The van der Waals surface area contributed by atoms with Gasteiger partial charge in [-0.15, -0.1) is 0 Å². The number of carbonyl (C=O) groups is 1. The molecule has 1 aliphatic heterocycles. The molecule has 7 heteroatoms. The number of amides is 1. The van der Waals surface area contributed by atoms with Crippen LogP contribution in [0.5, 0.6) is 5.75 Å². The van der Waals surface area contributed by atoms with Crippen molar-refractivity contribution in [3.8, 4) is 16.9 Å². The van der Waals surface area contributed by atoms with E-state index in [1.165, 1.54) is 16.7 Å². The highest BCUT2D eigenvalue weighted by Crippen LogP contribution is 2.34. The summed E-state index contributed by atoms with van der Waals surface area (Å²) >= 11 is 0. The number of pyridine rings is 1. The van der Waals surface area contributed by atoms with Crippen molar-refractivity contribution in [3.63, 3.8) is 0 Å². The SMILES string of the molecule is O=C1NCC(O)n2cc(-c3cc(F)ccc3OCc3ccncc3)cc21. The zero-order valence-electron chi connectivity index (χ0n) is 13.7. The number of aliphatic hydroxyl groups excluding tert-OH is 1. The standard InChI is InChI=1S/C19H16FN3O3/c20-14-1-2-17(26-11-12-3-5-21-6-4-12)15(8-14)13-7-16-19(25)22-9-18(24)23(16)10-13/h1-8,10,18,24H,9,11H2,(H,22,25). The number of benzene rings is 1. The second-order valence-electron chi connectivity index (χ2n) is 6.00. The van der Waals surface area contributed by atoms with Crippen LogP contribution in [0.4, 0.5) is 4.39 Å². The van der Waals surface area contributed by atoms with Gasteiger partial charge in [-0.3, -0.25) is 9.78 Å². The highest BCUT2D eigenvalue weighted by atomic mass is 19.1. The van der Waals surface area contributed by atoms with E-state index < -0.39 is 12.0 Å². The molecular weight excluding hydrogens is 337 g/mol. The summed E-state index contributed by atoms with van der Waals surface area (Å²) in [7, 11) is 0. The molecule has 3 heterocycles. The molecule has 0 saturated heterocycles. The van der Waals surface area contributed by atoms with Crippen LogP contribution in [0.15, 0.2) is 55.0 Å². The summed E-state index contributed by atoms with van der Waals surface area (Å²) < 4.78 is 21.2. The third-order valence-electron chi connectivity index (χ3n) is 4.24. The van der Waals surface area contributed by atoms with Crippen LogP contribution in [0, 0.1) is 5.82 Å². The topological polar surface area (TPSA) is 76.4 Å². The maximum atomic E-state index is 13.8. The molecular formula is C19H16FN3O3. The Morgan fingerprint density at radius 3 is 2.85 bits per heavy atom. The average Bonchev–Trinajstić information content (AvgIpc) is 3.11. The van der Waals surface area contributed by atoms with Crippen molar-refractivity contribution in [2.75, 3.05) is 6.54 Å². The molecule has 1 atom stereocenters. The van der Waals surface area contributed by atoms with Gasteiger partial charge in [0.1, 0.15) is 30.1 Å². The van der Waals surface area contributed by atoms with Crippen molar-refractivity contribution in [1.82, 2.24) is 14.9 Å². The van der Waals surface area contributed by atoms with Gasteiger partial charge in [0.15, 0.2) is 0 Å². The highest BCUT2D eigenvalue weighted by molar-refractivity contribution is 5.95. The van der Waals surface area contributed by atoms with Gasteiger partial charge in [0.25, 0.3) is 5.91 Å². The van der Waals surface area contributed by atoms with Gasteiger partial charge >= 0.3 is 0 Å². The third-order valence-corrected chi connectivity index (χ3v) is 4.24. The van der Waals surface area contributed by atoms with Gasteiger partial charge in [-0.1, -0.05) is 0 Å². The van der Waals surface area contributed by atoms with E-state index in [1.54, 1.807) is 30.7 Å². The molecule has 4 rings (SSSR count). The van der Waals surface area contributed by atoms with Crippen LogP contribution in [0.1, 0.15) is 22.3 Å². The van der Waals surface area contributed by atoms with Crippen molar-refractivity contribution in [1.29, 1.82) is 0 Å². The monoisotopic (exact) mass is 353 g/mol. The first kappa shape index (κ1) is 16.3. The second kappa shape index (κ2) is 6.61. The Bertz CT molecular complexity index is 956. The zero-order valence-corrected chi connectivity index (χ0v) is 13.7. The van der Waals surface area contributed by atoms with E-state index >= 15 is 0 Å². The van der Waals surface area contributed by atoms with Crippen molar-refractivity contribution >= 4 is 5.91 Å². The number of β-amino-alcohol motifs (C(OH)–C–C–N with tert-alkyl or cyclic N) is 1. The first-order valence-electron chi connectivity index (χ1n) is 8.11. The molecule has 0 saturated carbocycles. The summed E-state index contributed by atoms with van der Waals surface area (Å²) in [5.41, 5.74) is 2.37. The van der Waals surface area contributed by atoms with Crippen molar-refractivity contribution in [3.05, 3.63) is 72.1 Å². The van der Waals surface area contributed by atoms with E-state index in [1.807, 2.05) is 12.1 Å². The fourth-order valence-corrected chi connectivity index (χ4v) is 2.92. The Morgan fingerprint density at radius 2 is 2.08 bits per heavy atom. The second-order valence-corrected chi connectivity index (χ2v) is 6.00. The van der Waals surface area contributed by atoms with Crippen molar-refractivity contribution < 1.29 is 19.0 Å². The van der Waals surface area contributed by atoms with Crippen LogP contribution in [-0.2, 0) is 6.61 Å². The fourth-order valence-electron chi connectivity index (χ4n) is 2.92. The van der Waals surface area contributed by atoms with E-state index in [0.717, 1.165) is 5.56 Å². The van der Waals surface area contributed by atoms with Crippen molar-refractivity contribution in [2.45, 2.75) is 12.8 Å². The summed E-state index contributed by atoms with van der Waals surface area (Å²) in [6, 6.07) is 9.52. The average molecular weight is 353 g/mol. The molecule has 0 fully saturated rings. The number of ether oxygens (including phenoxy) is 1. The van der Waals surface area contributed by atoms with Gasteiger partial charge in [0.2, 0.25) is 0 Å². The maximum Gasteiger partial charge on any atom is 0.268 e. The summed E-state index contributed by atoms with van der Waals surface area (Å²) in [5, 5.41) is 12.7. The lowest BCUT2D eigenvalue weighted by Gasteiger charge is -2.21. The number of aromatic nitrogens is 2. The first-order valence-corrected chi connectivity index (χ1v) is 8.11. The Hall–Kier alpha value is -3.19. The van der Waals surface area contributed by atoms with Crippen LogP contribution in [0.3, 0.4) is 0 Å². The van der Waals surface area contributed by atoms with Gasteiger partial charge in [-0.2, -0.15) is 0 Å². The lowest BCUT2D eigenvalue weighted by Crippen LogP contribution is -2.38.